The van der Waals surface area contributed by atoms with E-state index in [1.54, 1.807) is 11.9 Å². The van der Waals surface area contributed by atoms with Crippen LogP contribution in [0.4, 0.5) is 4.79 Å². The van der Waals surface area contributed by atoms with Crippen LogP contribution in [0, 0.1) is 0 Å². The third kappa shape index (κ3) is 3.66. The summed E-state index contributed by atoms with van der Waals surface area (Å²) < 4.78 is 0. The lowest BCUT2D eigenvalue weighted by Crippen LogP contribution is -2.34. The van der Waals surface area contributed by atoms with Crippen LogP contribution in [0.2, 0.25) is 0 Å². The van der Waals surface area contributed by atoms with Crippen molar-refractivity contribution >= 4 is 17.8 Å². The molecule has 2 heterocycles. The van der Waals surface area contributed by atoms with Gasteiger partial charge in [-0.2, -0.15) is 0 Å². The van der Waals surface area contributed by atoms with Crippen molar-refractivity contribution in [1.82, 2.24) is 14.7 Å². The largest absolute Gasteiger partial charge is 0.340 e. The maximum Gasteiger partial charge on any atom is 0.326 e. The summed E-state index contributed by atoms with van der Waals surface area (Å²) in [7, 11) is 1.60. The minimum absolute atomic E-state index is 0.0290. The number of nitrogens with zero attached hydrogens (tertiary/aromatic N) is 3. The molecule has 3 rings (SSSR count). The zero-order chi connectivity index (χ0) is 18.0. The van der Waals surface area contributed by atoms with E-state index in [0.717, 1.165) is 5.56 Å². The fraction of sp³-hybridized carbons (Fsp3) is 0.500. The van der Waals surface area contributed by atoms with Crippen LogP contribution in [-0.2, 0) is 9.59 Å². The van der Waals surface area contributed by atoms with Crippen molar-refractivity contribution in [3.05, 3.63) is 35.9 Å². The molecular weight excluding hydrogens is 320 g/mol. The predicted octanol–water partition coefficient (Wildman–Crippen LogP) is 0.614. The van der Waals surface area contributed by atoms with Crippen LogP contribution in [0.15, 0.2) is 30.3 Å². The molecule has 2 atom stereocenters. The Bertz CT molecular complexity index is 664. The molecule has 2 aliphatic heterocycles. The molecule has 0 unspecified atom stereocenters. The minimum Gasteiger partial charge on any atom is -0.340 e. The molecule has 0 radical (unpaired) electrons. The van der Waals surface area contributed by atoms with E-state index in [1.165, 1.54) is 9.80 Å². The summed E-state index contributed by atoms with van der Waals surface area (Å²) in [5, 5.41) is 0. The van der Waals surface area contributed by atoms with Gasteiger partial charge in [-0.3, -0.25) is 14.5 Å². The summed E-state index contributed by atoms with van der Waals surface area (Å²) in [5.74, 6) is -0.0193. The van der Waals surface area contributed by atoms with E-state index < -0.39 is 0 Å². The fourth-order valence-corrected chi connectivity index (χ4v) is 3.52. The number of nitrogens with two attached hydrogens (primary N) is 1. The molecule has 0 bridgehead atoms. The molecule has 2 aliphatic rings. The van der Waals surface area contributed by atoms with Gasteiger partial charge in [0.25, 0.3) is 0 Å². The van der Waals surface area contributed by atoms with E-state index >= 15 is 0 Å². The van der Waals surface area contributed by atoms with Gasteiger partial charge in [0.15, 0.2) is 0 Å². The quantitative estimate of drug-likeness (QED) is 0.793. The zero-order valence-corrected chi connectivity index (χ0v) is 14.4. The predicted molar refractivity (Wildman–Crippen MR) is 92.7 cm³/mol. The summed E-state index contributed by atoms with van der Waals surface area (Å²) in [4.78, 5) is 40.4. The Morgan fingerprint density at radius 1 is 1.20 bits per heavy atom. The van der Waals surface area contributed by atoms with Crippen LogP contribution in [0.3, 0.4) is 0 Å². The number of carbonyl (C=O) groups excluding carboxylic acids is 3. The van der Waals surface area contributed by atoms with Crippen molar-refractivity contribution < 1.29 is 14.4 Å². The first-order valence-electron chi connectivity index (χ1n) is 8.61. The molecule has 0 aromatic heterocycles. The number of likely N-dealkylation sites (N-methyl/N-ethyl adjacent to an activating group) is 1. The molecule has 1 aromatic rings. The SMILES string of the molecule is CN1CC(=O)N(CCCC(=O)N2C[C@@H](N)[C@H](c3ccccc3)C2)C1=O. The summed E-state index contributed by atoms with van der Waals surface area (Å²) in [6.07, 6.45) is 0.793. The molecule has 0 spiro atoms. The van der Waals surface area contributed by atoms with Crippen LogP contribution in [-0.4, -0.2) is 71.8 Å². The monoisotopic (exact) mass is 344 g/mol. The van der Waals surface area contributed by atoms with Crippen LogP contribution >= 0.6 is 0 Å². The van der Waals surface area contributed by atoms with Gasteiger partial charge in [-0.1, -0.05) is 30.3 Å². The van der Waals surface area contributed by atoms with E-state index in [9.17, 15) is 14.4 Å². The second-order valence-electron chi connectivity index (χ2n) is 6.77. The Kier molecular flexibility index (Phi) is 5.03. The van der Waals surface area contributed by atoms with Crippen molar-refractivity contribution in [1.29, 1.82) is 0 Å². The van der Waals surface area contributed by atoms with Crippen LogP contribution in [0.5, 0.6) is 0 Å². The third-order valence-corrected chi connectivity index (χ3v) is 4.95. The maximum atomic E-state index is 12.4. The first-order chi connectivity index (χ1) is 12.0. The van der Waals surface area contributed by atoms with Crippen LogP contribution < -0.4 is 5.73 Å². The number of imide groups is 1. The van der Waals surface area contributed by atoms with Crippen molar-refractivity contribution in [3.8, 4) is 0 Å². The lowest BCUT2D eigenvalue weighted by Gasteiger charge is -2.18. The van der Waals surface area contributed by atoms with Crippen molar-refractivity contribution in [2.75, 3.05) is 33.2 Å². The highest BCUT2D eigenvalue weighted by molar-refractivity contribution is 6.01. The smallest absolute Gasteiger partial charge is 0.326 e. The van der Waals surface area contributed by atoms with E-state index in [2.05, 4.69) is 0 Å². The standard InChI is InChI=1S/C18H24N4O3/c1-20-12-17(24)22(18(20)25)9-5-8-16(23)21-10-14(15(19)11-21)13-6-3-2-4-7-13/h2-4,6-7,14-15H,5,8-12,19H2,1H3/t14-,15+/m0/s1. The van der Waals surface area contributed by atoms with Crippen molar-refractivity contribution in [2.45, 2.75) is 24.8 Å². The van der Waals surface area contributed by atoms with Gasteiger partial charge in [-0.05, 0) is 12.0 Å². The van der Waals surface area contributed by atoms with Gasteiger partial charge in [0, 0.05) is 45.1 Å². The van der Waals surface area contributed by atoms with Gasteiger partial charge < -0.3 is 15.5 Å². The first-order valence-corrected chi connectivity index (χ1v) is 8.61. The summed E-state index contributed by atoms with van der Waals surface area (Å²) >= 11 is 0. The topological polar surface area (TPSA) is 87.0 Å². The van der Waals surface area contributed by atoms with E-state index in [4.69, 9.17) is 5.73 Å². The van der Waals surface area contributed by atoms with Gasteiger partial charge in [-0.25, -0.2) is 4.79 Å². The molecule has 1 aromatic carbocycles. The molecule has 2 saturated heterocycles. The highest BCUT2D eigenvalue weighted by Crippen LogP contribution is 2.26. The average Bonchev–Trinajstić information content (AvgIpc) is 3.10. The second kappa shape index (κ2) is 7.23. The Morgan fingerprint density at radius 2 is 1.92 bits per heavy atom. The van der Waals surface area contributed by atoms with Crippen LogP contribution in [0.1, 0.15) is 24.3 Å². The van der Waals surface area contributed by atoms with Gasteiger partial charge in [0.2, 0.25) is 11.8 Å². The number of likely N-dealkylation sites (tertiary alicyclic amines) is 1. The highest BCUT2D eigenvalue weighted by Gasteiger charge is 2.35. The molecule has 2 fully saturated rings. The number of carbonyl (C=O) groups is 3. The lowest BCUT2D eigenvalue weighted by atomic mass is 9.95. The van der Waals surface area contributed by atoms with E-state index in [0.29, 0.717) is 25.9 Å². The van der Waals surface area contributed by atoms with Gasteiger partial charge in [0.05, 0.1) is 0 Å². The summed E-state index contributed by atoms with van der Waals surface area (Å²) in [5.41, 5.74) is 7.38. The van der Waals surface area contributed by atoms with E-state index in [1.807, 2.05) is 30.3 Å². The first kappa shape index (κ1) is 17.4. The van der Waals surface area contributed by atoms with E-state index in [-0.39, 0.29) is 42.9 Å². The Labute approximate surface area is 147 Å². The number of hydrogen-bond donors (Lipinski definition) is 1. The number of amides is 4. The summed E-state index contributed by atoms with van der Waals surface area (Å²) in [6, 6.07) is 9.65. The molecule has 0 saturated carbocycles. The third-order valence-electron chi connectivity index (χ3n) is 4.95. The fourth-order valence-electron chi connectivity index (χ4n) is 3.52. The second-order valence-corrected chi connectivity index (χ2v) is 6.77. The van der Waals surface area contributed by atoms with Gasteiger partial charge in [0.1, 0.15) is 6.54 Å². The average molecular weight is 344 g/mol. The summed E-state index contributed by atoms with van der Waals surface area (Å²) in [6.45, 7) is 1.57. The number of benzene rings is 1. The number of hydrogen-bond acceptors (Lipinski definition) is 4. The Hall–Kier alpha value is -2.41. The van der Waals surface area contributed by atoms with Gasteiger partial charge >= 0.3 is 6.03 Å². The molecule has 7 nitrogen and oxygen atoms in total. The molecule has 4 amide bonds. The maximum absolute atomic E-state index is 12.4. The van der Waals surface area contributed by atoms with Gasteiger partial charge in [-0.15, -0.1) is 0 Å². The molecule has 0 aliphatic carbocycles. The molecule has 7 heteroatoms. The normalized spacial score (nSPS) is 23.7. The Balaban J connectivity index is 1.49. The zero-order valence-electron chi connectivity index (χ0n) is 14.4. The molecule has 2 N–H and O–H groups in total. The van der Waals surface area contributed by atoms with Crippen molar-refractivity contribution in [2.24, 2.45) is 5.73 Å². The highest BCUT2D eigenvalue weighted by atomic mass is 16.2. The lowest BCUT2D eigenvalue weighted by molar-refractivity contribution is -0.131. The Morgan fingerprint density at radius 3 is 2.56 bits per heavy atom. The van der Waals surface area contributed by atoms with Crippen LogP contribution in [0.25, 0.3) is 0 Å². The number of urea groups is 1. The van der Waals surface area contributed by atoms with Crippen molar-refractivity contribution in [3.63, 3.8) is 0 Å². The number of rotatable bonds is 5. The molecule has 134 valence electrons. The minimum atomic E-state index is -0.287. The molecule has 25 heavy (non-hydrogen) atoms. The molecular formula is C18H24N4O3.